The molecule has 2 fully saturated rings. The molecule has 1 unspecified atom stereocenters. The van der Waals surface area contributed by atoms with Crippen LogP contribution >= 0.6 is 0 Å². The zero-order valence-electron chi connectivity index (χ0n) is 10.8. The van der Waals surface area contributed by atoms with Gasteiger partial charge in [-0.3, -0.25) is 9.78 Å². The highest BCUT2D eigenvalue weighted by atomic mass is 16.2. The molecule has 7 heteroatoms. The zero-order chi connectivity index (χ0) is 13.2. The lowest BCUT2D eigenvalue weighted by Crippen LogP contribution is -2.43. The predicted molar refractivity (Wildman–Crippen MR) is 71.4 cm³/mol. The number of rotatable bonds is 2. The lowest BCUT2D eigenvalue weighted by Gasteiger charge is -2.34. The van der Waals surface area contributed by atoms with E-state index in [1.54, 1.807) is 0 Å². The van der Waals surface area contributed by atoms with E-state index in [-0.39, 0.29) is 0 Å². The summed E-state index contributed by atoms with van der Waals surface area (Å²) in [5.74, 6) is 1.03. The summed E-state index contributed by atoms with van der Waals surface area (Å²) in [6.45, 7) is 2.78. The van der Waals surface area contributed by atoms with E-state index in [0.717, 1.165) is 32.5 Å². The monoisotopic (exact) mass is 265 g/mol. The number of H-pyrrole nitrogens is 2. The number of hydrogen-bond acceptors (Lipinski definition) is 5. The van der Waals surface area contributed by atoms with Crippen LogP contribution in [0, 0.1) is 5.92 Å². The van der Waals surface area contributed by atoms with Gasteiger partial charge in [0.1, 0.15) is 0 Å². The highest BCUT2D eigenvalue weighted by Crippen LogP contribution is 2.26. The van der Waals surface area contributed by atoms with Crippen LogP contribution in [0.15, 0.2) is 9.59 Å². The summed E-state index contributed by atoms with van der Waals surface area (Å²) in [5.41, 5.74) is -0.958. The molecule has 0 spiro atoms. The Morgan fingerprint density at radius 2 is 1.95 bits per heavy atom. The molecule has 0 radical (unpaired) electrons. The summed E-state index contributed by atoms with van der Waals surface area (Å²) in [6.07, 6.45) is 4.67. The molecule has 1 aromatic rings. The molecular weight excluding hydrogens is 246 g/mol. The molecular formula is C12H19N5O2. The maximum absolute atomic E-state index is 11.7. The summed E-state index contributed by atoms with van der Waals surface area (Å²) < 4.78 is 0. The van der Waals surface area contributed by atoms with Crippen molar-refractivity contribution in [3.8, 4) is 0 Å². The largest absolute Gasteiger partial charge is 0.351 e. The highest BCUT2D eigenvalue weighted by Gasteiger charge is 2.29. The Labute approximate surface area is 110 Å². The molecule has 7 nitrogen and oxygen atoms in total. The summed E-state index contributed by atoms with van der Waals surface area (Å²) in [7, 11) is 0. The van der Waals surface area contributed by atoms with E-state index in [2.05, 4.69) is 20.5 Å². The molecule has 3 N–H and O–H groups in total. The number of nitrogens with one attached hydrogen (secondary N) is 3. The number of nitrogens with zero attached hydrogens (tertiary/aromatic N) is 2. The van der Waals surface area contributed by atoms with Gasteiger partial charge >= 0.3 is 5.69 Å². The number of aromatic amines is 2. The molecule has 0 saturated carbocycles. The fraction of sp³-hybridized carbons (Fsp3) is 0.750. The van der Waals surface area contributed by atoms with Crippen molar-refractivity contribution in [3.05, 3.63) is 20.8 Å². The van der Waals surface area contributed by atoms with Crippen LogP contribution in [0.5, 0.6) is 0 Å². The molecule has 3 rings (SSSR count). The fourth-order valence-corrected chi connectivity index (χ4v) is 3.18. The lowest BCUT2D eigenvalue weighted by atomic mass is 9.88. The fourth-order valence-electron chi connectivity index (χ4n) is 3.18. The number of aromatic nitrogens is 3. The van der Waals surface area contributed by atoms with Gasteiger partial charge in [-0.15, -0.1) is 5.10 Å². The summed E-state index contributed by atoms with van der Waals surface area (Å²) in [5, 5.41) is 9.69. The van der Waals surface area contributed by atoms with E-state index in [9.17, 15) is 9.59 Å². The molecule has 0 aromatic carbocycles. The molecule has 3 heterocycles. The van der Waals surface area contributed by atoms with Gasteiger partial charge in [0.15, 0.2) is 0 Å². The third-order valence-electron chi connectivity index (χ3n) is 4.20. The first-order chi connectivity index (χ1) is 9.24. The average molecular weight is 265 g/mol. The van der Waals surface area contributed by atoms with Gasteiger partial charge in [0.2, 0.25) is 5.82 Å². The van der Waals surface area contributed by atoms with Crippen LogP contribution in [0.3, 0.4) is 0 Å². The van der Waals surface area contributed by atoms with Crippen LogP contribution < -0.4 is 21.5 Å². The second kappa shape index (κ2) is 5.16. The SMILES string of the molecule is O=c1[nH]nc(N2CCC(C3CCCN3)CC2)c(=O)[nH]1. The van der Waals surface area contributed by atoms with Crippen LogP contribution in [-0.2, 0) is 0 Å². The summed E-state index contributed by atoms with van der Waals surface area (Å²) in [4.78, 5) is 26.8. The van der Waals surface area contributed by atoms with Crippen molar-refractivity contribution >= 4 is 5.82 Å². The molecule has 19 heavy (non-hydrogen) atoms. The second-order valence-corrected chi connectivity index (χ2v) is 5.36. The molecule has 0 amide bonds. The van der Waals surface area contributed by atoms with Crippen LogP contribution in [0.1, 0.15) is 25.7 Å². The van der Waals surface area contributed by atoms with Gasteiger partial charge < -0.3 is 10.2 Å². The van der Waals surface area contributed by atoms with Gasteiger partial charge in [-0.2, -0.15) is 0 Å². The first-order valence-electron chi connectivity index (χ1n) is 6.91. The van der Waals surface area contributed by atoms with E-state index in [1.165, 1.54) is 12.8 Å². The van der Waals surface area contributed by atoms with Gasteiger partial charge in [-0.05, 0) is 38.1 Å². The van der Waals surface area contributed by atoms with Crippen molar-refractivity contribution in [1.82, 2.24) is 20.5 Å². The predicted octanol–water partition coefficient (Wildman–Crippen LogP) is -0.573. The minimum atomic E-state index is -0.557. The third kappa shape index (κ3) is 2.56. The maximum atomic E-state index is 11.7. The zero-order valence-corrected chi connectivity index (χ0v) is 10.8. The Morgan fingerprint density at radius 3 is 2.58 bits per heavy atom. The summed E-state index contributed by atoms with van der Waals surface area (Å²) in [6, 6.07) is 0.643. The van der Waals surface area contributed by atoms with Gasteiger partial charge in [0.25, 0.3) is 5.56 Å². The summed E-state index contributed by atoms with van der Waals surface area (Å²) >= 11 is 0. The maximum Gasteiger partial charge on any atom is 0.342 e. The van der Waals surface area contributed by atoms with Gasteiger partial charge in [-0.25, -0.2) is 9.89 Å². The Kier molecular flexibility index (Phi) is 3.37. The van der Waals surface area contributed by atoms with E-state index in [4.69, 9.17) is 0 Å². The Morgan fingerprint density at radius 1 is 1.16 bits per heavy atom. The molecule has 1 atom stereocenters. The van der Waals surface area contributed by atoms with Crippen molar-refractivity contribution in [2.75, 3.05) is 24.5 Å². The van der Waals surface area contributed by atoms with Crippen molar-refractivity contribution in [2.45, 2.75) is 31.7 Å². The van der Waals surface area contributed by atoms with E-state index < -0.39 is 11.2 Å². The number of hydrogen-bond donors (Lipinski definition) is 3. The molecule has 2 saturated heterocycles. The van der Waals surface area contributed by atoms with Crippen molar-refractivity contribution < 1.29 is 0 Å². The first kappa shape index (κ1) is 12.4. The molecule has 104 valence electrons. The molecule has 0 bridgehead atoms. The Balaban J connectivity index is 1.66. The third-order valence-corrected chi connectivity index (χ3v) is 4.20. The van der Waals surface area contributed by atoms with Gasteiger partial charge in [-0.1, -0.05) is 0 Å². The topological polar surface area (TPSA) is 93.9 Å². The Bertz CT molecular complexity index is 538. The molecule has 2 aliphatic heterocycles. The van der Waals surface area contributed by atoms with Crippen LogP contribution in [-0.4, -0.2) is 40.9 Å². The van der Waals surface area contributed by atoms with Crippen LogP contribution in [0.25, 0.3) is 0 Å². The van der Waals surface area contributed by atoms with Crippen LogP contribution in [0.2, 0.25) is 0 Å². The highest BCUT2D eigenvalue weighted by molar-refractivity contribution is 5.34. The molecule has 0 aliphatic carbocycles. The van der Waals surface area contributed by atoms with Crippen molar-refractivity contribution in [3.63, 3.8) is 0 Å². The number of piperidine rings is 1. The van der Waals surface area contributed by atoms with E-state index in [0.29, 0.717) is 17.8 Å². The van der Waals surface area contributed by atoms with Crippen molar-refractivity contribution in [1.29, 1.82) is 0 Å². The molecule has 2 aliphatic rings. The van der Waals surface area contributed by atoms with E-state index in [1.807, 2.05) is 4.90 Å². The minimum Gasteiger partial charge on any atom is -0.351 e. The molecule has 1 aromatic heterocycles. The van der Waals surface area contributed by atoms with Gasteiger partial charge in [0.05, 0.1) is 0 Å². The number of anilines is 1. The van der Waals surface area contributed by atoms with Crippen LogP contribution in [0.4, 0.5) is 5.82 Å². The minimum absolute atomic E-state index is 0.331. The van der Waals surface area contributed by atoms with E-state index >= 15 is 0 Å². The lowest BCUT2D eigenvalue weighted by molar-refractivity contribution is 0.318. The normalized spacial score (nSPS) is 24.8. The second-order valence-electron chi connectivity index (χ2n) is 5.36. The van der Waals surface area contributed by atoms with Crippen molar-refractivity contribution in [2.24, 2.45) is 5.92 Å². The Hall–Kier alpha value is -1.63. The smallest absolute Gasteiger partial charge is 0.342 e. The average Bonchev–Trinajstić information content (AvgIpc) is 2.93. The standard InChI is InChI=1S/C12H19N5O2/c18-11-10(15-16-12(19)14-11)17-6-3-8(4-7-17)9-2-1-5-13-9/h8-9,13H,1-7H2,(H2,14,16,18,19). The quantitative estimate of drug-likeness (QED) is 0.665. The first-order valence-corrected chi connectivity index (χ1v) is 6.91. The van der Waals surface area contributed by atoms with Gasteiger partial charge in [0, 0.05) is 19.1 Å².